The molecule has 9 heteroatoms. The van der Waals surface area contributed by atoms with Crippen LogP contribution in [0.3, 0.4) is 0 Å². The maximum Gasteiger partial charge on any atom is 1.00 e. The Balaban J connectivity index is 0.00000208. The minimum atomic E-state index is -3.95. The van der Waals surface area contributed by atoms with Gasteiger partial charge < -0.3 is 9.71 Å². The number of benzene rings is 2. The van der Waals surface area contributed by atoms with Gasteiger partial charge in [0, 0.05) is 5.02 Å². The van der Waals surface area contributed by atoms with E-state index < -0.39 is 10.0 Å². The van der Waals surface area contributed by atoms with Crippen molar-refractivity contribution in [3.8, 4) is 0 Å². The number of aromatic nitrogens is 2. The van der Waals surface area contributed by atoms with Gasteiger partial charge in [-0.25, -0.2) is 13.4 Å². The molecule has 118 valence electrons. The molecule has 2 aromatic carbocycles. The van der Waals surface area contributed by atoms with Gasteiger partial charge in [0.25, 0.3) is 0 Å². The summed E-state index contributed by atoms with van der Waals surface area (Å²) in [5, 5.41) is 0.364. The van der Waals surface area contributed by atoms with Gasteiger partial charge in [-0.2, -0.15) is 0 Å². The predicted molar refractivity (Wildman–Crippen MR) is 90.9 cm³/mol. The van der Waals surface area contributed by atoms with Crippen LogP contribution in [-0.4, -0.2) is 18.4 Å². The Hall–Kier alpha value is -0.254. The quantitative estimate of drug-likeness (QED) is 0.620. The molecular formula is C15H10Cl2KN3O2S. The van der Waals surface area contributed by atoms with Crippen LogP contribution in [0.15, 0.2) is 47.4 Å². The van der Waals surface area contributed by atoms with Crippen LogP contribution in [0.2, 0.25) is 10.2 Å². The van der Waals surface area contributed by atoms with E-state index in [9.17, 15) is 8.42 Å². The summed E-state index contributed by atoms with van der Waals surface area (Å²) in [6.45, 7) is 1.91. The van der Waals surface area contributed by atoms with Crippen LogP contribution in [0.5, 0.6) is 0 Å². The zero-order valence-electron chi connectivity index (χ0n) is 12.9. The molecule has 0 unspecified atom stereocenters. The molecule has 0 aliphatic rings. The summed E-state index contributed by atoms with van der Waals surface area (Å²) in [4.78, 5) is 8.33. The smallest absolute Gasteiger partial charge is 0.431 e. The van der Waals surface area contributed by atoms with E-state index in [0.717, 1.165) is 5.56 Å². The fourth-order valence-electron chi connectivity index (χ4n) is 1.96. The summed E-state index contributed by atoms with van der Waals surface area (Å²) in [7, 11) is -3.95. The molecule has 0 atom stereocenters. The van der Waals surface area contributed by atoms with Crippen molar-refractivity contribution in [1.82, 2.24) is 9.97 Å². The number of halogens is 2. The van der Waals surface area contributed by atoms with Gasteiger partial charge in [-0.15, -0.1) is 0 Å². The Bertz CT molecular complexity index is 996. The average molecular weight is 406 g/mol. The second-order valence-corrected chi connectivity index (χ2v) is 7.25. The standard InChI is InChI=1S/C15H10Cl2N3O2S.K/c1-9-2-7-12-13(8-9)18-14(17)15(19-12)20-23(21,22)11-5-3-10(16)4-6-11;/h2-8H,1H3;/q-1;+1. The minimum absolute atomic E-state index is 0. The van der Waals surface area contributed by atoms with Crippen molar-refractivity contribution >= 4 is 50.1 Å². The van der Waals surface area contributed by atoms with Gasteiger partial charge in [0.1, 0.15) is 5.15 Å². The molecule has 0 aliphatic heterocycles. The first kappa shape index (κ1) is 20.1. The van der Waals surface area contributed by atoms with E-state index in [4.69, 9.17) is 23.2 Å². The number of sulfonamides is 1. The molecule has 24 heavy (non-hydrogen) atoms. The van der Waals surface area contributed by atoms with E-state index in [0.29, 0.717) is 16.1 Å². The van der Waals surface area contributed by atoms with Gasteiger partial charge in [0.15, 0.2) is 0 Å². The molecule has 0 bridgehead atoms. The zero-order valence-corrected chi connectivity index (χ0v) is 18.3. The summed E-state index contributed by atoms with van der Waals surface area (Å²) in [5.74, 6) is -0.141. The molecule has 3 rings (SSSR count). The maximum atomic E-state index is 12.3. The predicted octanol–water partition coefficient (Wildman–Crippen LogP) is 1.64. The Morgan fingerprint density at radius 1 is 0.958 bits per heavy atom. The van der Waals surface area contributed by atoms with Crippen molar-refractivity contribution in [3.63, 3.8) is 0 Å². The van der Waals surface area contributed by atoms with Gasteiger partial charge in [-0.05, 0) is 54.2 Å². The van der Waals surface area contributed by atoms with Crippen molar-refractivity contribution in [2.45, 2.75) is 11.8 Å². The second-order valence-electron chi connectivity index (χ2n) is 4.85. The molecule has 0 aliphatic carbocycles. The van der Waals surface area contributed by atoms with E-state index in [1.165, 1.54) is 24.3 Å². The van der Waals surface area contributed by atoms with Crippen molar-refractivity contribution < 1.29 is 59.8 Å². The van der Waals surface area contributed by atoms with Crippen LogP contribution in [0.1, 0.15) is 5.56 Å². The number of aryl methyl sites for hydroxylation is 1. The number of rotatable bonds is 3. The molecule has 0 saturated heterocycles. The zero-order chi connectivity index (χ0) is 16.6. The van der Waals surface area contributed by atoms with Crippen molar-refractivity contribution in [1.29, 1.82) is 0 Å². The third-order valence-corrected chi connectivity index (χ3v) is 4.87. The third-order valence-electron chi connectivity index (χ3n) is 3.08. The molecule has 1 aromatic heterocycles. The van der Waals surface area contributed by atoms with Crippen molar-refractivity contribution in [2.24, 2.45) is 0 Å². The Morgan fingerprint density at radius 2 is 1.62 bits per heavy atom. The van der Waals surface area contributed by atoms with Gasteiger partial charge in [-0.3, -0.25) is 0 Å². The fourth-order valence-corrected chi connectivity index (χ4v) is 3.26. The first-order chi connectivity index (χ1) is 10.8. The van der Waals surface area contributed by atoms with Crippen LogP contribution < -0.4 is 51.4 Å². The normalized spacial score (nSPS) is 11.1. The first-order valence-corrected chi connectivity index (χ1v) is 8.72. The summed E-state index contributed by atoms with van der Waals surface area (Å²) < 4.78 is 28.3. The van der Waals surface area contributed by atoms with Crippen molar-refractivity contribution in [2.75, 3.05) is 0 Å². The molecule has 0 amide bonds. The molecule has 0 spiro atoms. The van der Waals surface area contributed by atoms with E-state index in [1.807, 2.05) is 19.1 Å². The van der Waals surface area contributed by atoms with Crippen LogP contribution in [0.4, 0.5) is 5.82 Å². The van der Waals surface area contributed by atoms with Crippen LogP contribution in [0.25, 0.3) is 15.8 Å². The first-order valence-electron chi connectivity index (χ1n) is 6.53. The molecule has 0 radical (unpaired) electrons. The Kier molecular flexibility index (Phi) is 6.66. The molecule has 1 heterocycles. The number of hydrogen-bond acceptors (Lipinski definition) is 4. The largest absolute Gasteiger partial charge is 1.00 e. The van der Waals surface area contributed by atoms with E-state index in [2.05, 4.69) is 14.7 Å². The SMILES string of the molecule is Cc1ccc2nc([N-]S(=O)(=O)c3ccc(Cl)cc3)c(Cl)nc2c1.[K+]. The van der Waals surface area contributed by atoms with Gasteiger partial charge >= 0.3 is 51.4 Å². The molecule has 3 aromatic rings. The van der Waals surface area contributed by atoms with E-state index in [1.54, 1.807) is 6.07 Å². The number of hydrogen-bond donors (Lipinski definition) is 0. The summed E-state index contributed by atoms with van der Waals surface area (Å²) in [6.07, 6.45) is 0. The Labute approximate surface area is 192 Å². The van der Waals surface area contributed by atoms with Gasteiger partial charge in [-0.1, -0.05) is 35.3 Å². The molecule has 0 saturated carbocycles. The molecule has 0 N–H and O–H groups in total. The van der Waals surface area contributed by atoms with Crippen molar-refractivity contribution in [3.05, 3.63) is 62.9 Å². The van der Waals surface area contributed by atoms with Crippen LogP contribution in [0, 0.1) is 6.92 Å². The summed E-state index contributed by atoms with van der Waals surface area (Å²) >= 11 is 11.8. The maximum absolute atomic E-state index is 12.3. The summed E-state index contributed by atoms with van der Waals surface area (Å²) in [5.41, 5.74) is 2.10. The van der Waals surface area contributed by atoms with Crippen LogP contribution >= 0.6 is 23.2 Å². The summed E-state index contributed by atoms with van der Waals surface area (Å²) in [6, 6.07) is 11.1. The number of nitrogens with zero attached hydrogens (tertiary/aromatic N) is 3. The topological polar surface area (TPSA) is 74.0 Å². The van der Waals surface area contributed by atoms with Crippen LogP contribution in [-0.2, 0) is 10.0 Å². The van der Waals surface area contributed by atoms with Gasteiger partial charge in [0.05, 0.1) is 10.4 Å². The molecule has 0 fully saturated rings. The average Bonchev–Trinajstić information content (AvgIpc) is 2.48. The minimum Gasteiger partial charge on any atom is -0.431 e. The number of fused-ring (bicyclic) bond motifs is 1. The molecular weight excluding hydrogens is 396 g/mol. The van der Waals surface area contributed by atoms with E-state index in [-0.39, 0.29) is 67.3 Å². The second kappa shape index (κ2) is 7.97. The molecule has 5 nitrogen and oxygen atoms in total. The van der Waals surface area contributed by atoms with Gasteiger partial charge in [0.2, 0.25) is 10.0 Å². The Morgan fingerprint density at radius 3 is 2.29 bits per heavy atom. The third kappa shape index (κ3) is 4.47. The van der Waals surface area contributed by atoms with E-state index >= 15 is 0 Å². The monoisotopic (exact) mass is 405 g/mol. The fraction of sp³-hybridized carbons (Fsp3) is 0.0667.